The van der Waals surface area contributed by atoms with Crippen LogP contribution in [0.25, 0.3) is 0 Å². The monoisotopic (exact) mass is 162 g/mol. The first-order valence-corrected chi connectivity index (χ1v) is 4.58. The number of carbonyl (C=O) groups excluding carboxylic acids is 1. The summed E-state index contributed by atoms with van der Waals surface area (Å²) in [5.74, 6) is 1.78. The van der Waals surface area contributed by atoms with Crippen molar-refractivity contribution < 1.29 is 4.79 Å². The van der Waals surface area contributed by atoms with Crippen molar-refractivity contribution in [3.8, 4) is 0 Å². The van der Waals surface area contributed by atoms with Gasteiger partial charge in [0.2, 0.25) is 0 Å². The topological polar surface area (TPSA) is 17.1 Å². The molecular weight excluding hydrogens is 148 g/mol. The Morgan fingerprint density at radius 2 is 1.50 bits per heavy atom. The van der Waals surface area contributed by atoms with Gasteiger partial charge in [0.25, 0.3) is 0 Å². The van der Waals surface area contributed by atoms with Crippen LogP contribution in [0.2, 0.25) is 0 Å². The lowest BCUT2D eigenvalue weighted by atomic mass is 9.79. The van der Waals surface area contributed by atoms with Gasteiger partial charge in [-0.05, 0) is 24.7 Å². The fraction of sp³-hybridized carbons (Fsp3) is 0.545. The fourth-order valence-electron chi connectivity index (χ4n) is 2.86. The number of ketones is 1. The third-order valence-corrected chi connectivity index (χ3v) is 3.44. The molecule has 2 bridgehead atoms. The highest BCUT2D eigenvalue weighted by Gasteiger charge is 2.51. The Morgan fingerprint density at radius 3 is 1.83 bits per heavy atom. The molecule has 0 aromatic carbocycles. The van der Waals surface area contributed by atoms with Crippen molar-refractivity contribution >= 4 is 5.78 Å². The molecule has 2 aliphatic rings. The van der Waals surface area contributed by atoms with E-state index in [1.54, 1.807) is 0 Å². The summed E-state index contributed by atoms with van der Waals surface area (Å²) in [5, 5.41) is 0. The van der Waals surface area contributed by atoms with Gasteiger partial charge >= 0.3 is 0 Å². The first-order valence-electron chi connectivity index (χ1n) is 4.58. The van der Waals surface area contributed by atoms with Gasteiger partial charge in [0.05, 0.1) is 0 Å². The summed E-state index contributed by atoms with van der Waals surface area (Å²) < 4.78 is 0. The van der Waals surface area contributed by atoms with Crippen molar-refractivity contribution in [2.45, 2.75) is 12.8 Å². The molecule has 0 aliphatic heterocycles. The molecule has 0 heterocycles. The summed E-state index contributed by atoms with van der Waals surface area (Å²) in [5.41, 5.74) is 0. The zero-order chi connectivity index (χ0) is 8.72. The third-order valence-electron chi connectivity index (χ3n) is 3.44. The Bertz CT molecular complexity index is 217. The molecular formula is C11H14O. The quantitative estimate of drug-likeness (QED) is 0.569. The van der Waals surface area contributed by atoms with E-state index in [1.807, 2.05) is 12.2 Å². The molecule has 0 unspecified atom stereocenters. The average Bonchev–Trinajstić information content (AvgIpc) is 2.58. The Hall–Kier alpha value is -0.850. The maximum absolute atomic E-state index is 11.6. The van der Waals surface area contributed by atoms with E-state index in [-0.39, 0.29) is 11.8 Å². The second-order valence-corrected chi connectivity index (χ2v) is 3.82. The van der Waals surface area contributed by atoms with Crippen molar-refractivity contribution in [2.75, 3.05) is 0 Å². The summed E-state index contributed by atoms with van der Waals surface area (Å²) in [6, 6.07) is 0. The lowest BCUT2D eigenvalue weighted by Crippen LogP contribution is -2.18. The SMILES string of the molecule is C=C[C@@H]1[C@H](C=C)[C@@H]2CC[C@H]1C2=O. The number of allylic oxidation sites excluding steroid dienone is 2. The van der Waals surface area contributed by atoms with Crippen molar-refractivity contribution in [2.24, 2.45) is 23.7 Å². The fourth-order valence-corrected chi connectivity index (χ4v) is 2.86. The van der Waals surface area contributed by atoms with Crippen LogP contribution in [-0.2, 0) is 4.79 Å². The van der Waals surface area contributed by atoms with E-state index >= 15 is 0 Å². The standard InChI is InChI=1S/C11H14O/c1-3-7-8(4-2)10-6-5-9(7)11(10)12/h3-4,7-10H,1-2,5-6H2/t7-,8+,9-,10+. The van der Waals surface area contributed by atoms with E-state index in [0.717, 1.165) is 12.8 Å². The molecule has 64 valence electrons. The second kappa shape index (κ2) is 2.58. The van der Waals surface area contributed by atoms with Gasteiger partial charge in [-0.25, -0.2) is 0 Å². The number of carbonyl (C=O) groups is 1. The zero-order valence-electron chi connectivity index (χ0n) is 7.20. The Morgan fingerprint density at radius 1 is 1.08 bits per heavy atom. The molecule has 0 radical (unpaired) electrons. The van der Waals surface area contributed by atoms with Crippen LogP contribution in [0.5, 0.6) is 0 Å². The van der Waals surface area contributed by atoms with Crippen LogP contribution >= 0.6 is 0 Å². The molecule has 0 spiro atoms. The molecule has 1 nitrogen and oxygen atoms in total. The first kappa shape index (κ1) is 7.78. The van der Waals surface area contributed by atoms with Crippen molar-refractivity contribution in [1.82, 2.24) is 0 Å². The van der Waals surface area contributed by atoms with Crippen molar-refractivity contribution in [3.63, 3.8) is 0 Å². The summed E-state index contributed by atoms with van der Waals surface area (Å²) in [6.07, 6.45) is 6.02. The minimum atomic E-state index is 0.274. The lowest BCUT2D eigenvalue weighted by molar-refractivity contribution is -0.121. The van der Waals surface area contributed by atoms with E-state index in [2.05, 4.69) is 13.2 Å². The molecule has 12 heavy (non-hydrogen) atoms. The molecule has 2 saturated carbocycles. The largest absolute Gasteiger partial charge is 0.299 e. The van der Waals surface area contributed by atoms with Gasteiger partial charge in [0.1, 0.15) is 5.78 Å². The Balaban J connectivity index is 2.32. The van der Waals surface area contributed by atoms with Crippen LogP contribution in [0, 0.1) is 23.7 Å². The van der Waals surface area contributed by atoms with Gasteiger partial charge in [-0.2, -0.15) is 0 Å². The van der Waals surface area contributed by atoms with Crippen molar-refractivity contribution in [3.05, 3.63) is 25.3 Å². The van der Waals surface area contributed by atoms with Gasteiger partial charge in [0.15, 0.2) is 0 Å². The smallest absolute Gasteiger partial charge is 0.140 e. The average molecular weight is 162 g/mol. The van der Waals surface area contributed by atoms with Crippen LogP contribution < -0.4 is 0 Å². The maximum atomic E-state index is 11.6. The first-order chi connectivity index (χ1) is 5.79. The highest BCUT2D eigenvalue weighted by Crippen LogP contribution is 2.50. The molecule has 0 saturated heterocycles. The summed E-state index contributed by atoms with van der Waals surface area (Å²) in [7, 11) is 0. The minimum absolute atomic E-state index is 0.274. The zero-order valence-corrected chi connectivity index (χ0v) is 7.20. The van der Waals surface area contributed by atoms with Gasteiger partial charge in [-0.1, -0.05) is 12.2 Å². The second-order valence-electron chi connectivity index (χ2n) is 3.82. The van der Waals surface area contributed by atoms with Gasteiger partial charge in [0, 0.05) is 11.8 Å². The minimum Gasteiger partial charge on any atom is -0.299 e. The van der Waals surface area contributed by atoms with Crippen molar-refractivity contribution in [1.29, 1.82) is 0 Å². The predicted molar refractivity (Wildman–Crippen MR) is 48.6 cm³/mol. The van der Waals surface area contributed by atoms with Crippen LogP contribution in [0.1, 0.15) is 12.8 Å². The van der Waals surface area contributed by atoms with Crippen LogP contribution in [0.15, 0.2) is 25.3 Å². The predicted octanol–water partition coefficient (Wildman–Crippen LogP) is 2.20. The summed E-state index contributed by atoms with van der Waals surface area (Å²) in [4.78, 5) is 11.6. The normalized spacial score (nSPS) is 44.8. The van der Waals surface area contributed by atoms with Crippen LogP contribution in [-0.4, -0.2) is 5.78 Å². The van der Waals surface area contributed by atoms with E-state index in [0.29, 0.717) is 17.6 Å². The Labute approximate surface area is 73.2 Å². The molecule has 2 aliphatic carbocycles. The number of fused-ring (bicyclic) bond motifs is 2. The van der Waals surface area contributed by atoms with E-state index in [1.165, 1.54) is 0 Å². The molecule has 0 aromatic rings. The molecule has 1 heteroatoms. The van der Waals surface area contributed by atoms with E-state index < -0.39 is 0 Å². The van der Waals surface area contributed by atoms with E-state index in [9.17, 15) is 4.79 Å². The maximum Gasteiger partial charge on any atom is 0.140 e. The number of hydrogen-bond donors (Lipinski definition) is 0. The number of hydrogen-bond acceptors (Lipinski definition) is 1. The molecule has 2 fully saturated rings. The summed E-state index contributed by atoms with van der Waals surface area (Å²) >= 11 is 0. The van der Waals surface area contributed by atoms with Gasteiger partial charge in [-0.15, -0.1) is 13.2 Å². The summed E-state index contributed by atoms with van der Waals surface area (Å²) in [6.45, 7) is 7.59. The van der Waals surface area contributed by atoms with Gasteiger partial charge in [-0.3, -0.25) is 4.79 Å². The highest BCUT2D eigenvalue weighted by molar-refractivity contribution is 5.89. The Kier molecular flexibility index (Phi) is 1.67. The number of Topliss-reactive ketones (excluding diaryl/α,β-unsaturated/α-hetero) is 1. The third kappa shape index (κ3) is 0.767. The lowest BCUT2D eigenvalue weighted by Gasteiger charge is -2.23. The van der Waals surface area contributed by atoms with Gasteiger partial charge < -0.3 is 0 Å². The van der Waals surface area contributed by atoms with Crippen LogP contribution in [0.3, 0.4) is 0 Å². The molecule has 4 atom stereocenters. The highest BCUT2D eigenvalue weighted by atomic mass is 16.1. The van der Waals surface area contributed by atoms with Crippen LogP contribution in [0.4, 0.5) is 0 Å². The van der Waals surface area contributed by atoms with E-state index in [4.69, 9.17) is 0 Å². The number of rotatable bonds is 2. The molecule has 0 N–H and O–H groups in total. The molecule has 0 aromatic heterocycles. The molecule has 2 rings (SSSR count). The molecule has 0 amide bonds.